The largest absolute Gasteiger partial charge is 0.476 e. The molecule has 1 aromatic heterocycles. The van der Waals surface area contributed by atoms with Crippen molar-refractivity contribution in [2.75, 3.05) is 11.9 Å². The zero-order valence-electron chi connectivity index (χ0n) is 19.1. The minimum absolute atomic E-state index is 0.0609. The van der Waals surface area contributed by atoms with Gasteiger partial charge in [-0.2, -0.15) is 5.10 Å². The Morgan fingerprint density at radius 2 is 1.65 bits per heavy atom. The van der Waals surface area contributed by atoms with Crippen LogP contribution in [0.25, 0.3) is 11.1 Å². The molecule has 2 amide bonds. The van der Waals surface area contributed by atoms with Crippen molar-refractivity contribution in [3.05, 3.63) is 71.5 Å². The molecule has 2 atom stereocenters. The van der Waals surface area contributed by atoms with Gasteiger partial charge in [0, 0.05) is 25.2 Å². The summed E-state index contributed by atoms with van der Waals surface area (Å²) >= 11 is 0. The van der Waals surface area contributed by atoms with Crippen molar-refractivity contribution in [3.8, 4) is 11.1 Å². The van der Waals surface area contributed by atoms with E-state index in [0.29, 0.717) is 0 Å². The number of carbonyl (C=O) groups is 3. The number of anilines is 1. The van der Waals surface area contributed by atoms with E-state index in [2.05, 4.69) is 27.9 Å². The second-order valence-electron chi connectivity index (χ2n) is 8.41. The van der Waals surface area contributed by atoms with Crippen molar-refractivity contribution in [3.63, 3.8) is 0 Å². The molecule has 9 heteroatoms. The van der Waals surface area contributed by atoms with E-state index in [1.165, 1.54) is 10.9 Å². The highest BCUT2D eigenvalue weighted by atomic mass is 16.5. The monoisotopic (exact) mass is 462 g/mol. The standard InChI is InChI=1S/C25H26N4O5/c1-14(23(30)27-21-12-29(3)28-22(21)24(31)32)15(2)26-25(33)34-13-20-18-10-6-4-8-16(18)17-9-5-7-11-19(17)20/h4-12,14-15,20H,13H2,1-3H3,(H,26,33)(H,27,30)(H,31,32). The van der Waals surface area contributed by atoms with Gasteiger partial charge >= 0.3 is 12.1 Å². The van der Waals surface area contributed by atoms with Gasteiger partial charge in [-0.05, 0) is 29.2 Å². The number of fused-ring (bicyclic) bond motifs is 3. The molecular formula is C25H26N4O5. The fourth-order valence-electron chi connectivity index (χ4n) is 4.16. The first-order chi connectivity index (χ1) is 16.3. The summed E-state index contributed by atoms with van der Waals surface area (Å²) < 4.78 is 6.85. The molecule has 1 aliphatic carbocycles. The van der Waals surface area contributed by atoms with Crippen LogP contribution < -0.4 is 10.6 Å². The summed E-state index contributed by atoms with van der Waals surface area (Å²) in [4.78, 5) is 36.4. The molecule has 3 N–H and O–H groups in total. The summed E-state index contributed by atoms with van der Waals surface area (Å²) in [6.07, 6.45) is 0.791. The predicted molar refractivity (Wildman–Crippen MR) is 126 cm³/mol. The van der Waals surface area contributed by atoms with Gasteiger partial charge in [-0.1, -0.05) is 55.5 Å². The summed E-state index contributed by atoms with van der Waals surface area (Å²) in [6.45, 7) is 3.50. The number of carboxylic acid groups (broad SMARTS) is 1. The number of aromatic carboxylic acids is 1. The summed E-state index contributed by atoms with van der Waals surface area (Å²) in [5.74, 6) is -2.40. The van der Waals surface area contributed by atoms with Crippen LogP contribution in [0.1, 0.15) is 41.4 Å². The maximum atomic E-state index is 12.6. The third kappa shape index (κ3) is 4.50. The van der Waals surface area contributed by atoms with E-state index in [0.717, 1.165) is 22.3 Å². The van der Waals surface area contributed by atoms with E-state index in [9.17, 15) is 19.5 Å². The number of aromatic nitrogens is 2. The van der Waals surface area contributed by atoms with E-state index >= 15 is 0 Å². The van der Waals surface area contributed by atoms with E-state index < -0.39 is 29.9 Å². The van der Waals surface area contributed by atoms with Gasteiger partial charge in [-0.25, -0.2) is 9.59 Å². The topological polar surface area (TPSA) is 123 Å². The maximum Gasteiger partial charge on any atom is 0.407 e. The lowest BCUT2D eigenvalue weighted by molar-refractivity contribution is -0.120. The Hall–Kier alpha value is -4.14. The fraction of sp³-hybridized carbons (Fsp3) is 0.280. The number of hydrogen-bond acceptors (Lipinski definition) is 5. The molecule has 0 aliphatic heterocycles. The zero-order chi connectivity index (χ0) is 24.4. The van der Waals surface area contributed by atoms with Gasteiger partial charge in [0.15, 0.2) is 5.69 Å². The number of amides is 2. The van der Waals surface area contributed by atoms with Crippen molar-refractivity contribution in [2.45, 2.75) is 25.8 Å². The molecule has 3 aromatic rings. The van der Waals surface area contributed by atoms with Crippen LogP contribution in [0.4, 0.5) is 10.5 Å². The van der Waals surface area contributed by atoms with E-state index in [4.69, 9.17) is 4.74 Å². The van der Waals surface area contributed by atoms with Crippen LogP contribution in [-0.4, -0.2) is 45.5 Å². The van der Waals surface area contributed by atoms with Crippen molar-refractivity contribution >= 4 is 23.7 Å². The van der Waals surface area contributed by atoms with Crippen LogP contribution in [-0.2, 0) is 16.6 Å². The molecule has 1 heterocycles. The van der Waals surface area contributed by atoms with Crippen LogP contribution in [0.5, 0.6) is 0 Å². The SMILES string of the molecule is CC(NC(=O)OCC1c2ccccc2-c2ccccc21)C(C)C(=O)Nc1cn(C)nc1C(=O)O. The molecule has 1 aliphatic rings. The molecule has 2 aromatic carbocycles. The summed E-state index contributed by atoms with van der Waals surface area (Å²) in [6, 6.07) is 15.6. The van der Waals surface area contributed by atoms with Crippen LogP contribution in [0.2, 0.25) is 0 Å². The Kier molecular flexibility index (Phi) is 6.36. The molecule has 0 saturated carbocycles. The smallest absolute Gasteiger partial charge is 0.407 e. The second-order valence-corrected chi connectivity index (χ2v) is 8.41. The Labute approximate surface area is 196 Å². The number of hydrogen-bond donors (Lipinski definition) is 3. The summed E-state index contributed by atoms with van der Waals surface area (Å²) in [7, 11) is 1.56. The Morgan fingerprint density at radius 1 is 1.06 bits per heavy atom. The predicted octanol–water partition coefficient (Wildman–Crippen LogP) is 3.62. The number of benzene rings is 2. The third-order valence-electron chi connectivity index (χ3n) is 6.14. The van der Waals surface area contributed by atoms with Crippen molar-refractivity contribution in [2.24, 2.45) is 13.0 Å². The molecule has 2 unspecified atom stereocenters. The van der Waals surface area contributed by atoms with Gasteiger partial charge in [0.2, 0.25) is 5.91 Å². The lowest BCUT2D eigenvalue weighted by Crippen LogP contribution is -2.42. The summed E-state index contributed by atoms with van der Waals surface area (Å²) in [5.41, 5.74) is 4.36. The van der Waals surface area contributed by atoms with Gasteiger partial charge in [-0.3, -0.25) is 9.48 Å². The minimum atomic E-state index is -1.24. The maximum absolute atomic E-state index is 12.6. The highest BCUT2D eigenvalue weighted by molar-refractivity contribution is 6.00. The Morgan fingerprint density at radius 3 is 2.24 bits per heavy atom. The average Bonchev–Trinajstić information content (AvgIpc) is 3.34. The first kappa shape index (κ1) is 23.0. The van der Waals surface area contributed by atoms with Gasteiger partial charge in [0.1, 0.15) is 6.61 Å². The lowest BCUT2D eigenvalue weighted by Gasteiger charge is -2.21. The van der Waals surface area contributed by atoms with E-state index in [1.807, 2.05) is 36.4 Å². The third-order valence-corrected chi connectivity index (χ3v) is 6.14. The van der Waals surface area contributed by atoms with Crippen molar-refractivity contribution in [1.29, 1.82) is 0 Å². The summed E-state index contributed by atoms with van der Waals surface area (Å²) in [5, 5.41) is 18.3. The number of alkyl carbamates (subject to hydrolysis) is 1. The van der Waals surface area contributed by atoms with Crippen LogP contribution >= 0.6 is 0 Å². The molecule has 0 spiro atoms. The average molecular weight is 463 g/mol. The highest BCUT2D eigenvalue weighted by Gasteiger charge is 2.30. The number of carbonyl (C=O) groups excluding carboxylic acids is 2. The molecule has 0 saturated heterocycles. The number of aryl methyl sites for hydroxylation is 1. The van der Waals surface area contributed by atoms with Gasteiger partial charge in [-0.15, -0.1) is 0 Å². The van der Waals surface area contributed by atoms with Crippen LogP contribution in [0.3, 0.4) is 0 Å². The first-order valence-electron chi connectivity index (χ1n) is 11.0. The number of rotatable bonds is 7. The number of nitrogens with one attached hydrogen (secondary N) is 2. The highest BCUT2D eigenvalue weighted by Crippen LogP contribution is 2.44. The Bertz CT molecular complexity index is 1210. The van der Waals surface area contributed by atoms with Crippen molar-refractivity contribution in [1.82, 2.24) is 15.1 Å². The molecule has 0 bridgehead atoms. The van der Waals surface area contributed by atoms with Gasteiger partial charge in [0.25, 0.3) is 0 Å². The van der Waals surface area contributed by atoms with E-state index in [-0.39, 0.29) is 23.9 Å². The normalized spacial score (nSPS) is 14.0. The van der Waals surface area contributed by atoms with Crippen LogP contribution in [0.15, 0.2) is 54.7 Å². The van der Waals surface area contributed by atoms with E-state index in [1.54, 1.807) is 20.9 Å². The van der Waals surface area contributed by atoms with Crippen LogP contribution in [0, 0.1) is 5.92 Å². The van der Waals surface area contributed by atoms with Crippen molar-refractivity contribution < 1.29 is 24.2 Å². The molecular weight excluding hydrogens is 436 g/mol. The molecule has 0 fully saturated rings. The quantitative estimate of drug-likeness (QED) is 0.493. The minimum Gasteiger partial charge on any atom is -0.476 e. The fourth-order valence-corrected chi connectivity index (χ4v) is 4.16. The lowest BCUT2D eigenvalue weighted by atomic mass is 9.98. The Balaban J connectivity index is 1.35. The molecule has 9 nitrogen and oxygen atoms in total. The second kappa shape index (κ2) is 9.38. The zero-order valence-corrected chi connectivity index (χ0v) is 19.1. The number of nitrogens with zero attached hydrogens (tertiary/aromatic N) is 2. The molecule has 176 valence electrons. The molecule has 34 heavy (non-hydrogen) atoms. The molecule has 0 radical (unpaired) electrons. The van der Waals surface area contributed by atoms with Gasteiger partial charge < -0.3 is 20.5 Å². The number of ether oxygens (including phenoxy) is 1. The first-order valence-corrected chi connectivity index (χ1v) is 11.0. The number of carboxylic acids is 1. The van der Waals surface area contributed by atoms with Gasteiger partial charge in [0.05, 0.1) is 11.6 Å². The molecule has 4 rings (SSSR count).